The van der Waals surface area contributed by atoms with Crippen molar-refractivity contribution in [2.24, 2.45) is 5.92 Å². The predicted octanol–water partition coefficient (Wildman–Crippen LogP) is 3.99. The van der Waals surface area contributed by atoms with E-state index in [0.29, 0.717) is 17.4 Å². The first-order valence-corrected chi connectivity index (χ1v) is 9.52. The van der Waals surface area contributed by atoms with Gasteiger partial charge in [0.1, 0.15) is 23.8 Å². The normalized spacial score (nSPS) is 14.6. The number of fused-ring (bicyclic) bond motifs is 1. The van der Waals surface area contributed by atoms with Gasteiger partial charge >= 0.3 is 6.09 Å². The first-order valence-electron chi connectivity index (χ1n) is 9.52. The van der Waals surface area contributed by atoms with Gasteiger partial charge in [0.2, 0.25) is 0 Å². The highest BCUT2D eigenvalue weighted by molar-refractivity contribution is 5.80. The highest BCUT2D eigenvalue weighted by atomic mass is 19.1. The highest BCUT2D eigenvalue weighted by Crippen LogP contribution is 2.30. The molecule has 1 aromatic heterocycles. The van der Waals surface area contributed by atoms with Gasteiger partial charge in [-0.1, -0.05) is 0 Å². The van der Waals surface area contributed by atoms with E-state index in [4.69, 9.17) is 14.6 Å². The second-order valence-electron chi connectivity index (χ2n) is 7.32. The molecule has 0 aliphatic heterocycles. The van der Waals surface area contributed by atoms with Crippen molar-refractivity contribution in [1.82, 2.24) is 15.1 Å². The fraction of sp³-hybridized carbons (Fsp3) is 0.333. The van der Waals surface area contributed by atoms with Crippen molar-refractivity contribution in [3.05, 3.63) is 48.4 Å². The molecule has 152 valence electrons. The molecule has 29 heavy (non-hydrogen) atoms. The van der Waals surface area contributed by atoms with E-state index in [0.717, 1.165) is 23.3 Å². The van der Waals surface area contributed by atoms with Crippen LogP contribution in [0.1, 0.15) is 19.8 Å². The summed E-state index contributed by atoms with van der Waals surface area (Å²) in [7, 11) is 0. The number of carbonyl (C=O) groups is 1. The number of amides is 1. The van der Waals surface area contributed by atoms with Gasteiger partial charge in [0.25, 0.3) is 0 Å². The van der Waals surface area contributed by atoms with E-state index < -0.39 is 18.0 Å². The molecule has 0 bridgehead atoms. The smallest absolute Gasteiger partial charge is 0.404 e. The van der Waals surface area contributed by atoms with E-state index in [2.05, 4.69) is 10.4 Å². The molecule has 1 atom stereocenters. The summed E-state index contributed by atoms with van der Waals surface area (Å²) in [6, 6.07) is 9.73. The Morgan fingerprint density at radius 1 is 1.28 bits per heavy atom. The lowest BCUT2D eigenvalue weighted by atomic mass is 10.2. The van der Waals surface area contributed by atoms with E-state index in [1.165, 1.54) is 23.6 Å². The number of nitrogens with one attached hydrogen (secondary N) is 1. The van der Waals surface area contributed by atoms with E-state index in [1.54, 1.807) is 25.3 Å². The van der Waals surface area contributed by atoms with Crippen molar-refractivity contribution in [2.45, 2.75) is 25.8 Å². The topological polar surface area (TPSA) is 85.6 Å². The van der Waals surface area contributed by atoms with Gasteiger partial charge in [-0.2, -0.15) is 5.10 Å². The molecule has 1 amide bonds. The van der Waals surface area contributed by atoms with Crippen LogP contribution in [0, 0.1) is 11.7 Å². The highest BCUT2D eigenvalue weighted by Gasteiger charge is 2.22. The molecule has 2 N–H and O–H groups in total. The third-order valence-corrected chi connectivity index (χ3v) is 4.70. The summed E-state index contributed by atoms with van der Waals surface area (Å²) in [4.78, 5) is 10.6. The van der Waals surface area contributed by atoms with Crippen molar-refractivity contribution in [1.29, 1.82) is 0 Å². The van der Waals surface area contributed by atoms with Gasteiger partial charge in [-0.05, 0) is 49.9 Å². The Morgan fingerprint density at radius 2 is 2.03 bits per heavy atom. The van der Waals surface area contributed by atoms with Crippen molar-refractivity contribution >= 4 is 17.0 Å². The number of carboxylic acid groups (broad SMARTS) is 1. The van der Waals surface area contributed by atoms with Crippen molar-refractivity contribution in [2.75, 3.05) is 13.2 Å². The van der Waals surface area contributed by atoms with Crippen LogP contribution >= 0.6 is 0 Å². The quantitative estimate of drug-likeness (QED) is 0.598. The zero-order chi connectivity index (χ0) is 20.4. The van der Waals surface area contributed by atoms with Crippen molar-refractivity contribution in [3.63, 3.8) is 0 Å². The molecule has 1 saturated carbocycles. The van der Waals surface area contributed by atoms with Gasteiger partial charge < -0.3 is 19.9 Å². The molecule has 4 rings (SSSR count). The SMILES string of the molecule is C[C@@H](COc1ccc(-n2cc3ccc(OCC4CC4)cc3n2)c(F)c1)NC(=O)O. The van der Waals surface area contributed by atoms with Crippen molar-refractivity contribution in [3.8, 4) is 17.2 Å². The van der Waals surface area contributed by atoms with Crippen molar-refractivity contribution < 1.29 is 23.8 Å². The fourth-order valence-corrected chi connectivity index (χ4v) is 2.94. The average Bonchev–Trinajstić information content (AvgIpc) is 3.41. The summed E-state index contributed by atoms with van der Waals surface area (Å²) < 4.78 is 27.3. The molecule has 1 aliphatic rings. The van der Waals surface area contributed by atoms with E-state index in [-0.39, 0.29) is 6.61 Å². The van der Waals surface area contributed by atoms with E-state index >= 15 is 0 Å². The van der Waals surface area contributed by atoms with Crippen LogP contribution in [0.2, 0.25) is 0 Å². The van der Waals surface area contributed by atoms with Gasteiger partial charge in [-0.3, -0.25) is 0 Å². The van der Waals surface area contributed by atoms with Gasteiger partial charge in [-0.25, -0.2) is 13.9 Å². The largest absolute Gasteiger partial charge is 0.493 e. The Hall–Kier alpha value is -3.29. The summed E-state index contributed by atoms with van der Waals surface area (Å²) in [5.74, 6) is 1.26. The first kappa shape index (κ1) is 19.0. The van der Waals surface area contributed by atoms with Crippen LogP contribution < -0.4 is 14.8 Å². The van der Waals surface area contributed by atoms with E-state index in [9.17, 15) is 9.18 Å². The Morgan fingerprint density at radius 3 is 2.76 bits per heavy atom. The molecule has 0 radical (unpaired) electrons. The number of halogens is 1. The molecular formula is C21H22FN3O4. The maximum Gasteiger partial charge on any atom is 0.404 e. The lowest BCUT2D eigenvalue weighted by Gasteiger charge is -2.13. The summed E-state index contributed by atoms with van der Waals surface area (Å²) in [5, 5.41) is 16.3. The Balaban J connectivity index is 1.47. The minimum atomic E-state index is -1.13. The second kappa shape index (κ2) is 7.98. The molecule has 0 spiro atoms. The Labute approximate surface area is 167 Å². The summed E-state index contributed by atoms with van der Waals surface area (Å²) in [6.45, 7) is 2.49. The number of benzene rings is 2. The molecular weight excluding hydrogens is 377 g/mol. The number of rotatable bonds is 8. The molecule has 0 saturated heterocycles. The zero-order valence-corrected chi connectivity index (χ0v) is 16.0. The van der Waals surface area contributed by atoms with Gasteiger partial charge in [0.05, 0.1) is 18.2 Å². The lowest BCUT2D eigenvalue weighted by Crippen LogP contribution is -2.35. The van der Waals surface area contributed by atoms with Crippen LogP contribution in [0.15, 0.2) is 42.6 Å². The molecule has 1 heterocycles. The summed E-state index contributed by atoms with van der Waals surface area (Å²) in [5.41, 5.74) is 1.03. The third-order valence-electron chi connectivity index (χ3n) is 4.70. The summed E-state index contributed by atoms with van der Waals surface area (Å²) in [6.07, 6.45) is 3.09. The van der Waals surface area contributed by atoms with Gasteiger partial charge in [0, 0.05) is 23.7 Å². The van der Waals surface area contributed by atoms with Crippen LogP contribution in [0.5, 0.6) is 11.5 Å². The molecule has 1 aliphatic carbocycles. The second-order valence-corrected chi connectivity index (χ2v) is 7.32. The number of ether oxygens (including phenoxy) is 2. The van der Waals surface area contributed by atoms with Crippen LogP contribution in [0.4, 0.5) is 9.18 Å². The van der Waals surface area contributed by atoms with Crippen LogP contribution in [0.25, 0.3) is 16.6 Å². The van der Waals surface area contributed by atoms with Gasteiger partial charge in [-0.15, -0.1) is 0 Å². The minimum absolute atomic E-state index is 0.0976. The van der Waals surface area contributed by atoms with E-state index in [1.807, 2.05) is 18.2 Å². The van der Waals surface area contributed by atoms with Crippen LogP contribution in [0.3, 0.4) is 0 Å². The molecule has 1 fully saturated rings. The predicted molar refractivity (Wildman–Crippen MR) is 105 cm³/mol. The minimum Gasteiger partial charge on any atom is -0.493 e. The average molecular weight is 399 g/mol. The molecule has 2 aromatic carbocycles. The van der Waals surface area contributed by atoms with Crippen LogP contribution in [-0.4, -0.2) is 40.2 Å². The lowest BCUT2D eigenvalue weighted by molar-refractivity contribution is 0.183. The Kier molecular flexibility index (Phi) is 5.24. The molecule has 7 nitrogen and oxygen atoms in total. The molecule has 8 heteroatoms. The van der Waals surface area contributed by atoms with Crippen LogP contribution in [-0.2, 0) is 0 Å². The maximum atomic E-state index is 14.6. The standard InChI is InChI=1S/C21H22FN3O4/c1-13(23-21(26)27)11-28-16-6-7-20(18(22)8-16)25-10-15-4-5-17(9-19(15)24-25)29-12-14-2-3-14/h4-10,13-14,23H,2-3,11-12H2,1H3,(H,26,27)/t13-/m0/s1. The molecule has 0 unspecified atom stereocenters. The Bertz CT molecular complexity index is 1030. The summed E-state index contributed by atoms with van der Waals surface area (Å²) >= 11 is 0. The zero-order valence-electron chi connectivity index (χ0n) is 16.0. The first-order chi connectivity index (χ1) is 14.0. The number of nitrogens with zero attached hydrogens (tertiary/aromatic N) is 2. The van der Waals surface area contributed by atoms with Gasteiger partial charge in [0.15, 0.2) is 5.82 Å². The number of aromatic nitrogens is 2. The third kappa shape index (κ3) is 4.77. The number of hydrogen-bond donors (Lipinski definition) is 2. The monoisotopic (exact) mass is 399 g/mol. The molecule has 3 aromatic rings. The fourth-order valence-electron chi connectivity index (χ4n) is 2.94. The maximum absolute atomic E-state index is 14.6. The number of hydrogen-bond acceptors (Lipinski definition) is 4.